The summed E-state index contributed by atoms with van der Waals surface area (Å²) in [5, 5.41) is 17.5. The van der Waals surface area contributed by atoms with Crippen molar-refractivity contribution in [3.8, 4) is 11.5 Å². The average Bonchev–Trinajstić information content (AvgIpc) is 3.12. The highest BCUT2D eigenvalue weighted by atomic mass is 16.5. The van der Waals surface area contributed by atoms with Crippen LogP contribution in [0.2, 0.25) is 0 Å². The number of methoxy groups -OCH3 is 1. The lowest BCUT2D eigenvalue weighted by Gasteiger charge is -2.19. The summed E-state index contributed by atoms with van der Waals surface area (Å²) >= 11 is 0. The van der Waals surface area contributed by atoms with Gasteiger partial charge in [0, 0.05) is 30.4 Å². The lowest BCUT2D eigenvalue weighted by atomic mass is 9.93. The summed E-state index contributed by atoms with van der Waals surface area (Å²) in [4.78, 5) is 49.1. The molecule has 174 valence electrons. The molecule has 4 N–H and O–H groups in total. The van der Waals surface area contributed by atoms with E-state index >= 15 is 0 Å². The molecule has 0 aromatic heterocycles. The number of aromatic hydroxyl groups is 1. The van der Waals surface area contributed by atoms with Gasteiger partial charge in [-0.25, -0.2) is 4.79 Å². The highest BCUT2D eigenvalue weighted by Crippen LogP contribution is 2.27. The van der Waals surface area contributed by atoms with Crippen LogP contribution in [0.25, 0.3) is 11.6 Å². The Kier molecular flexibility index (Phi) is 6.30. The lowest BCUT2D eigenvalue weighted by molar-refractivity contribution is -0.118. The molecule has 2 aromatic carbocycles. The number of carbonyl (C=O) groups is 4. The molecule has 0 spiro atoms. The van der Waals surface area contributed by atoms with Crippen molar-refractivity contribution in [1.29, 1.82) is 0 Å². The third kappa shape index (κ3) is 4.75. The predicted octanol–water partition coefficient (Wildman–Crippen LogP) is 1.37. The zero-order valence-electron chi connectivity index (χ0n) is 18.3. The highest BCUT2D eigenvalue weighted by Gasteiger charge is 2.27. The van der Waals surface area contributed by atoms with Gasteiger partial charge >= 0.3 is 6.03 Å². The van der Waals surface area contributed by atoms with E-state index in [2.05, 4.69) is 16.0 Å². The first-order valence-electron chi connectivity index (χ1n) is 10.4. The Bertz CT molecular complexity index is 1250. The van der Waals surface area contributed by atoms with Gasteiger partial charge in [-0.3, -0.25) is 25.0 Å². The number of nitrogens with zero attached hydrogens (tertiary/aromatic N) is 1. The molecule has 5 amide bonds. The van der Waals surface area contributed by atoms with E-state index in [0.717, 1.165) is 11.1 Å². The molecule has 2 aromatic rings. The maximum absolute atomic E-state index is 12.5. The fraction of sp³-hybridized carbons (Fsp3) is 0.167. The number of hydrogen-bond acceptors (Lipinski definition) is 7. The maximum atomic E-state index is 12.5. The normalized spacial score (nSPS) is 16.6. The van der Waals surface area contributed by atoms with Crippen LogP contribution >= 0.6 is 0 Å². The van der Waals surface area contributed by atoms with E-state index in [1.54, 1.807) is 48.6 Å². The first-order valence-corrected chi connectivity index (χ1v) is 10.4. The Morgan fingerprint density at radius 1 is 1.06 bits per heavy atom. The molecule has 2 aliphatic rings. The molecule has 2 heterocycles. The minimum absolute atomic E-state index is 0.00651. The molecule has 0 saturated carbocycles. The van der Waals surface area contributed by atoms with Gasteiger partial charge in [0.1, 0.15) is 6.54 Å². The van der Waals surface area contributed by atoms with Gasteiger partial charge in [0.05, 0.1) is 12.7 Å². The van der Waals surface area contributed by atoms with Crippen LogP contribution in [0.15, 0.2) is 48.7 Å². The van der Waals surface area contributed by atoms with Crippen molar-refractivity contribution in [2.45, 2.75) is 6.54 Å². The van der Waals surface area contributed by atoms with E-state index in [-0.39, 0.29) is 30.3 Å². The van der Waals surface area contributed by atoms with E-state index in [0.29, 0.717) is 23.4 Å². The van der Waals surface area contributed by atoms with Gasteiger partial charge in [-0.15, -0.1) is 0 Å². The summed E-state index contributed by atoms with van der Waals surface area (Å²) in [6.45, 7) is 0.577. The second-order valence-electron chi connectivity index (χ2n) is 7.67. The molecular weight excluding hydrogens is 440 g/mol. The number of benzene rings is 2. The minimum Gasteiger partial charge on any atom is -0.504 e. The number of fused-ring (bicyclic) bond motifs is 1. The molecule has 10 heteroatoms. The molecule has 0 aliphatic carbocycles. The number of rotatable bonds is 7. The van der Waals surface area contributed by atoms with Crippen LogP contribution in [-0.4, -0.2) is 54.0 Å². The van der Waals surface area contributed by atoms with Crippen LogP contribution in [0.5, 0.6) is 11.5 Å². The van der Waals surface area contributed by atoms with Crippen molar-refractivity contribution in [3.05, 3.63) is 70.9 Å². The fourth-order valence-corrected chi connectivity index (χ4v) is 3.65. The number of amides is 5. The molecule has 0 unspecified atom stereocenters. The summed E-state index contributed by atoms with van der Waals surface area (Å²) < 4.78 is 5.03. The molecule has 1 saturated heterocycles. The van der Waals surface area contributed by atoms with E-state index in [4.69, 9.17) is 4.74 Å². The van der Waals surface area contributed by atoms with Crippen LogP contribution in [0.4, 0.5) is 4.79 Å². The lowest BCUT2D eigenvalue weighted by Crippen LogP contribution is -2.37. The third-order valence-corrected chi connectivity index (χ3v) is 5.35. The van der Waals surface area contributed by atoms with Gasteiger partial charge in [-0.2, -0.15) is 0 Å². The highest BCUT2D eigenvalue weighted by molar-refractivity contribution is 6.31. The van der Waals surface area contributed by atoms with Gasteiger partial charge in [-0.1, -0.05) is 24.3 Å². The molecule has 34 heavy (non-hydrogen) atoms. The van der Waals surface area contributed by atoms with Gasteiger partial charge < -0.3 is 20.1 Å². The van der Waals surface area contributed by atoms with E-state index < -0.39 is 17.8 Å². The van der Waals surface area contributed by atoms with Crippen LogP contribution in [0.1, 0.15) is 27.0 Å². The van der Waals surface area contributed by atoms with Crippen molar-refractivity contribution in [2.24, 2.45) is 0 Å². The summed E-state index contributed by atoms with van der Waals surface area (Å²) in [5.74, 6) is -0.994. The molecule has 10 nitrogen and oxygen atoms in total. The quantitative estimate of drug-likeness (QED) is 0.277. The second-order valence-corrected chi connectivity index (χ2v) is 7.67. The summed E-state index contributed by atoms with van der Waals surface area (Å²) in [6, 6.07) is 9.60. The zero-order chi connectivity index (χ0) is 24.2. The van der Waals surface area contributed by atoms with Gasteiger partial charge in [0.25, 0.3) is 11.8 Å². The molecule has 0 bridgehead atoms. The number of urea groups is 1. The molecule has 0 atom stereocenters. The number of nitrogens with one attached hydrogen (secondary N) is 3. The Hall–Kier alpha value is -4.60. The Morgan fingerprint density at radius 2 is 1.88 bits per heavy atom. The first kappa shape index (κ1) is 22.6. The number of carbonyl (C=O) groups excluding carboxylic acids is 4. The van der Waals surface area contributed by atoms with E-state index in [1.807, 2.05) is 0 Å². The monoisotopic (exact) mass is 462 g/mol. The minimum atomic E-state index is -0.532. The molecular formula is C24H22N4O6. The largest absolute Gasteiger partial charge is 0.504 e. The summed E-state index contributed by atoms with van der Waals surface area (Å²) in [6.07, 6.45) is 5.00. The molecule has 2 aliphatic heterocycles. The number of phenolic OH excluding ortho intramolecular Hbond substituents is 1. The van der Waals surface area contributed by atoms with Crippen LogP contribution in [-0.2, 0) is 16.1 Å². The molecule has 0 radical (unpaired) electrons. The van der Waals surface area contributed by atoms with Gasteiger partial charge in [0.15, 0.2) is 11.5 Å². The van der Waals surface area contributed by atoms with Crippen molar-refractivity contribution in [2.75, 3.05) is 20.2 Å². The summed E-state index contributed by atoms with van der Waals surface area (Å²) in [5.41, 5.74) is 2.60. The number of phenols is 1. The Morgan fingerprint density at radius 3 is 2.59 bits per heavy atom. The molecule has 1 fully saturated rings. The van der Waals surface area contributed by atoms with E-state index in [9.17, 15) is 24.3 Å². The second kappa shape index (κ2) is 9.49. The van der Waals surface area contributed by atoms with Crippen LogP contribution in [0.3, 0.4) is 0 Å². The maximum Gasteiger partial charge on any atom is 0.324 e. The van der Waals surface area contributed by atoms with Gasteiger partial charge in [-0.05, 0) is 35.4 Å². The summed E-state index contributed by atoms with van der Waals surface area (Å²) in [7, 11) is 1.46. The average molecular weight is 462 g/mol. The number of hydrogen-bond donors (Lipinski definition) is 4. The molecule has 4 rings (SSSR count). The van der Waals surface area contributed by atoms with Crippen LogP contribution < -0.4 is 20.7 Å². The topological polar surface area (TPSA) is 137 Å². The number of imide groups is 2. The third-order valence-electron chi connectivity index (χ3n) is 5.35. The Labute approximate surface area is 194 Å². The van der Waals surface area contributed by atoms with Crippen molar-refractivity contribution < 1.29 is 29.0 Å². The van der Waals surface area contributed by atoms with Crippen molar-refractivity contribution >= 4 is 35.4 Å². The standard InChI is InChI=1S/C24H22N4O6/c1-34-20-7-5-15(10-19(20)29)11-25-12-18-17-9-14(4-6-16(17)22(31)27-23(18)32)3-2-8-28-13-21(30)26-24(28)33/h2-7,9-10,12,25,29H,8,11,13H2,1H3,(H,26,30,33)(H,27,31,32). The van der Waals surface area contributed by atoms with Crippen LogP contribution in [0, 0.1) is 0 Å². The first-order chi connectivity index (χ1) is 16.4. The SMILES string of the molecule is COc1ccc(CNC=C2C(=O)NC(=O)c3ccc(C=CCN4CC(=O)NC4=O)cc32)cc1O. The fourth-order valence-electron chi connectivity index (χ4n) is 3.65. The predicted molar refractivity (Wildman–Crippen MR) is 123 cm³/mol. The van der Waals surface area contributed by atoms with Gasteiger partial charge in [0.2, 0.25) is 5.91 Å². The zero-order valence-corrected chi connectivity index (χ0v) is 18.3. The Balaban J connectivity index is 1.51. The van der Waals surface area contributed by atoms with E-state index in [1.165, 1.54) is 18.2 Å². The number of ether oxygens (including phenoxy) is 1. The smallest absolute Gasteiger partial charge is 0.324 e. The van der Waals surface area contributed by atoms with Crippen molar-refractivity contribution in [1.82, 2.24) is 20.9 Å². The van der Waals surface area contributed by atoms with Crippen molar-refractivity contribution in [3.63, 3.8) is 0 Å².